The second kappa shape index (κ2) is 4.40. The topological polar surface area (TPSA) is 98.0 Å². The molecule has 0 atom stereocenters. The molecular weight excluding hydrogens is 258 g/mol. The van der Waals surface area contributed by atoms with Crippen molar-refractivity contribution in [1.29, 1.82) is 0 Å². The summed E-state index contributed by atoms with van der Waals surface area (Å²) < 4.78 is 0.731. The number of amidine groups is 1. The van der Waals surface area contributed by atoms with Gasteiger partial charge in [-0.15, -0.1) is 0 Å². The van der Waals surface area contributed by atoms with E-state index >= 15 is 0 Å². The van der Waals surface area contributed by atoms with E-state index in [4.69, 9.17) is 5.53 Å². The van der Waals surface area contributed by atoms with E-state index in [1.165, 1.54) is 6.07 Å². The second-order valence-corrected chi connectivity index (χ2v) is 5.77. The van der Waals surface area contributed by atoms with Crippen molar-refractivity contribution in [2.45, 2.75) is 38.8 Å². The molecule has 0 aromatic heterocycles. The van der Waals surface area contributed by atoms with Gasteiger partial charge in [0, 0.05) is 15.8 Å². The van der Waals surface area contributed by atoms with Crippen molar-refractivity contribution in [3.8, 4) is 0 Å². The van der Waals surface area contributed by atoms with E-state index in [-0.39, 0.29) is 5.84 Å². The lowest BCUT2D eigenvalue weighted by Crippen LogP contribution is -2.53. The van der Waals surface area contributed by atoms with Crippen LogP contribution >= 0.6 is 0 Å². The third-order valence-corrected chi connectivity index (χ3v) is 4.16. The van der Waals surface area contributed by atoms with Crippen LogP contribution in [0.4, 0.5) is 5.69 Å². The molecule has 1 aromatic carbocycles. The Bertz CT molecular complexity index is 629. The molecule has 2 rings (SSSR count). The Labute approximate surface area is 116 Å². The quantitative estimate of drug-likeness (QED) is 0.272. The molecule has 0 spiro atoms. The zero-order chi connectivity index (χ0) is 15.1. The first-order valence-corrected chi connectivity index (χ1v) is 6.20. The Balaban J connectivity index is 2.60. The molecule has 0 saturated carbocycles. The smallest absolute Gasteiger partial charge is 0.316 e. The highest BCUT2D eigenvalue weighted by atomic mass is 16.5. The summed E-state index contributed by atoms with van der Waals surface area (Å²) in [5.41, 5.74) is 7.53. The maximum Gasteiger partial charge on any atom is 0.316 e. The summed E-state index contributed by atoms with van der Waals surface area (Å²) in [6.07, 6.45) is 0. The molecule has 0 N–H and O–H groups in total. The second-order valence-electron chi connectivity index (χ2n) is 5.77. The molecule has 7 heteroatoms. The van der Waals surface area contributed by atoms with Gasteiger partial charge in [0.25, 0.3) is 0 Å². The Morgan fingerprint density at radius 1 is 1.35 bits per heavy atom. The summed E-state index contributed by atoms with van der Waals surface area (Å²) in [5.74, 6) is 0.0370. The van der Waals surface area contributed by atoms with Crippen molar-refractivity contribution in [1.82, 2.24) is 5.06 Å². The van der Waals surface area contributed by atoms with Gasteiger partial charge >= 0.3 is 5.84 Å². The molecule has 1 aliphatic rings. The maximum atomic E-state index is 12.5. The van der Waals surface area contributed by atoms with Gasteiger partial charge in [-0.25, -0.2) is 0 Å². The fraction of sp³-hybridized carbons (Fsp3) is 0.462. The summed E-state index contributed by atoms with van der Waals surface area (Å²) in [6, 6.07) is 6.44. The van der Waals surface area contributed by atoms with Crippen LogP contribution in [0.1, 0.15) is 33.3 Å². The standard InChI is InChI=1S/C13H16N5O2/c1-12(2)13(3,4)18(20)11(17(12)19)9-6-5-7-10(8-9)15-16-14/h5-8H,1-4H3. The molecule has 0 amide bonds. The van der Waals surface area contributed by atoms with Crippen molar-refractivity contribution in [3.05, 3.63) is 45.5 Å². The predicted molar refractivity (Wildman–Crippen MR) is 73.7 cm³/mol. The van der Waals surface area contributed by atoms with E-state index in [2.05, 4.69) is 10.0 Å². The number of nitrogens with zero attached hydrogens (tertiary/aromatic N) is 5. The number of hydrogen-bond donors (Lipinski definition) is 0. The highest BCUT2D eigenvalue weighted by Crippen LogP contribution is 2.37. The summed E-state index contributed by atoms with van der Waals surface area (Å²) in [5, 5.41) is 29.1. The van der Waals surface area contributed by atoms with Gasteiger partial charge in [0.05, 0.1) is 5.56 Å². The fourth-order valence-corrected chi connectivity index (χ4v) is 2.10. The summed E-state index contributed by atoms with van der Waals surface area (Å²) in [4.78, 5) is 2.70. The highest BCUT2D eigenvalue weighted by Gasteiger charge is 2.59. The van der Waals surface area contributed by atoms with Crippen LogP contribution in [0.25, 0.3) is 10.4 Å². The van der Waals surface area contributed by atoms with Crippen LogP contribution < -0.4 is 0 Å². The molecular formula is C13H16N5O2. The highest BCUT2D eigenvalue weighted by molar-refractivity contribution is 5.96. The van der Waals surface area contributed by atoms with Gasteiger partial charge in [-0.3, -0.25) is 4.74 Å². The van der Waals surface area contributed by atoms with Crippen LogP contribution in [-0.4, -0.2) is 26.7 Å². The molecule has 105 valence electrons. The van der Waals surface area contributed by atoms with E-state index in [0.717, 1.165) is 9.80 Å². The van der Waals surface area contributed by atoms with Crippen LogP contribution in [0, 0.1) is 5.21 Å². The lowest BCUT2D eigenvalue weighted by atomic mass is 9.84. The molecule has 7 nitrogen and oxygen atoms in total. The molecule has 0 unspecified atom stereocenters. The SMILES string of the molecule is CC1(C)N([O])C(c2cccc(N=[N+]=[N-])c2)=[N+]([O-])C1(C)C. The first kappa shape index (κ1) is 14.2. The molecule has 1 radical (unpaired) electrons. The van der Waals surface area contributed by atoms with E-state index in [1.54, 1.807) is 45.9 Å². The molecule has 0 saturated heterocycles. The van der Waals surface area contributed by atoms with Crippen molar-refractivity contribution in [2.75, 3.05) is 0 Å². The Morgan fingerprint density at radius 3 is 2.50 bits per heavy atom. The van der Waals surface area contributed by atoms with Crippen molar-refractivity contribution in [3.63, 3.8) is 0 Å². The Morgan fingerprint density at radius 2 is 2.00 bits per heavy atom. The lowest BCUT2D eigenvalue weighted by molar-refractivity contribution is -0.539. The van der Waals surface area contributed by atoms with Crippen LogP contribution in [-0.2, 0) is 5.21 Å². The molecule has 0 bridgehead atoms. The minimum absolute atomic E-state index is 0.0370. The van der Waals surface area contributed by atoms with Gasteiger partial charge in [0.1, 0.15) is 5.54 Å². The van der Waals surface area contributed by atoms with Crippen LogP contribution in [0.15, 0.2) is 29.4 Å². The monoisotopic (exact) mass is 274 g/mol. The predicted octanol–water partition coefficient (Wildman–Crippen LogP) is 3.10. The van der Waals surface area contributed by atoms with Crippen molar-refractivity contribution >= 4 is 11.5 Å². The number of hydrogen-bond acceptors (Lipinski definition) is 3. The average Bonchev–Trinajstić information content (AvgIpc) is 2.49. The molecule has 0 fully saturated rings. The summed E-state index contributed by atoms with van der Waals surface area (Å²) >= 11 is 0. The molecule has 0 aliphatic carbocycles. The summed E-state index contributed by atoms with van der Waals surface area (Å²) in [7, 11) is 0. The largest absolute Gasteiger partial charge is 0.714 e. The van der Waals surface area contributed by atoms with Crippen molar-refractivity contribution < 1.29 is 9.95 Å². The van der Waals surface area contributed by atoms with Gasteiger partial charge < -0.3 is 5.21 Å². The Kier molecular flexibility index (Phi) is 3.12. The van der Waals surface area contributed by atoms with Crippen LogP contribution in [0.3, 0.4) is 0 Å². The van der Waals surface area contributed by atoms with Gasteiger partial charge in [-0.05, 0) is 45.4 Å². The molecule has 1 aliphatic heterocycles. The summed E-state index contributed by atoms with van der Waals surface area (Å²) in [6.45, 7) is 6.93. The minimum atomic E-state index is -0.863. The van der Waals surface area contributed by atoms with E-state index in [0.29, 0.717) is 11.3 Å². The molecule has 20 heavy (non-hydrogen) atoms. The maximum absolute atomic E-state index is 12.5. The first-order chi connectivity index (χ1) is 9.23. The van der Waals surface area contributed by atoms with Crippen LogP contribution in [0.5, 0.6) is 0 Å². The van der Waals surface area contributed by atoms with Gasteiger partial charge in [-0.1, -0.05) is 22.3 Å². The molecule has 1 heterocycles. The van der Waals surface area contributed by atoms with E-state index in [9.17, 15) is 10.4 Å². The number of azide groups is 1. The third-order valence-electron chi connectivity index (χ3n) is 4.16. The third kappa shape index (κ3) is 1.79. The molecule has 1 aromatic rings. The first-order valence-electron chi connectivity index (χ1n) is 6.20. The lowest BCUT2D eigenvalue weighted by Gasteiger charge is -2.32. The zero-order valence-electron chi connectivity index (χ0n) is 11.9. The van der Waals surface area contributed by atoms with Gasteiger partial charge in [-0.2, -0.15) is 0 Å². The van der Waals surface area contributed by atoms with E-state index in [1.807, 2.05) is 0 Å². The number of rotatable bonds is 2. The van der Waals surface area contributed by atoms with Crippen molar-refractivity contribution in [2.24, 2.45) is 5.11 Å². The Hall–Kier alpha value is -2.24. The minimum Gasteiger partial charge on any atom is -0.714 e. The number of benzene rings is 1. The van der Waals surface area contributed by atoms with Crippen LogP contribution in [0.2, 0.25) is 0 Å². The fourth-order valence-electron chi connectivity index (χ4n) is 2.10. The number of hydroxylamine groups is 3. The zero-order valence-corrected chi connectivity index (χ0v) is 11.9. The normalized spacial score (nSPS) is 19.9. The average molecular weight is 274 g/mol. The van der Waals surface area contributed by atoms with Gasteiger partial charge in [0.15, 0.2) is 5.54 Å². The van der Waals surface area contributed by atoms with E-state index < -0.39 is 11.1 Å². The van der Waals surface area contributed by atoms with Gasteiger partial charge in [0.2, 0.25) is 0 Å².